The Labute approximate surface area is 195 Å². The van der Waals surface area contributed by atoms with Crippen LogP contribution in [0.5, 0.6) is 0 Å². The maximum atomic E-state index is 13.9. The fourth-order valence-electron chi connectivity index (χ4n) is 3.80. The van der Waals surface area contributed by atoms with E-state index in [4.69, 9.17) is 5.10 Å². The molecule has 0 aliphatic rings. The minimum atomic E-state index is -0.0742. The van der Waals surface area contributed by atoms with Gasteiger partial charge in [0.25, 0.3) is 0 Å². The molecule has 5 rings (SSSR count). The number of aromatic nitrogens is 2. The van der Waals surface area contributed by atoms with Crippen LogP contribution in [0.1, 0.15) is 16.1 Å². The number of hydrogen-bond acceptors (Lipinski definition) is 2. The van der Waals surface area contributed by atoms with Gasteiger partial charge in [0.15, 0.2) is 0 Å². The number of carbonyl (C=O) groups is 1. The van der Waals surface area contributed by atoms with E-state index >= 15 is 0 Å². The molecule has 0 saturated heterocycles. The van der Waals surface area contributed by atoms with Gasteiger partial charge < -0.3 is 0 Å². The third-order valence-corrected chi connectivity index (χ3v) is 5.85. The second-order valence-corrected chi connectivity index (χ2v) is 8.30. The van der Waals surface area contributed by atoms with Gasteiger partial charge >= 0.3 is 0 Å². The van der Waals surface area contributed by atoms with Gasteiger partial charge in [0, 0.05) is 21.2 Å². The van der Waals surface area contributed by atoms with Gasteiger partial charge in [-0.15, -0.1) is 0 Å². The van der Waals surface area contributed by atoms with Gasteiger partial charge in [-0.25, -0.2) is 4.68 Å². The zero-order chi connectivity index (χ0) is 21.9. The van der Waals surface area contributed by atoms with Crippen molar-refractivity contribution in [2.24, 2.45) is 0 Å². The van der Waals surface area contributed by atoms with Crippen LogP contribution in [0.25, 0.3) is 28.1 Å². The summed E-state index contributed by atoms with van der Waals surface area (Å²) in [5.41, 5.74) is 5.52. The van der Waals surface area contributed by atoms with Crippen molar-refractivity contribution in [3.05, 3.63) is 131 Å². The standard InChI is InChI=1S/C28H19BrN2O/c29-23-18-16-22(17-19-23)28(32)27-25(20-10-4-1-5-11-20)26(21-12-6-2-7-13-21)30-31(27)24-14-8-3-9-15-24/h1-19H. The van der Waals surface area contributed by atoms with Crippen LogP contribution in [-0.2, 0) is 0 Å². The summed E-state index contributed by atoms with van der Waals surface area (Å²) in [5.74, 6) is -0.0742. The summed E-state index contributed by atoms with van der Waals surface area (Å²) in [4.78, 5) is 13.9. The van der Waals surface area contributed by atoms with Crippen molar-refractivity contribution in [2.75, 3.05) is 0 Å². The zero-order valence-electron chi connectivity index (χ0n) is 17.2. The highest BCUT2D eigenvalue weighted by molar-refractivity contribution is 9.10. The lowest BCUT2D eigenvalue weighted by Gasteiger charge is -2.10. The summed E-state index contributed by atoms with van der Waals surface area (Å²) in [5, 5.41) is 4.98. The largest absolute Gasteiger partial charge is 0.287 e. The fourth-order valence-corrected chi connectivity index (χ4v) is 4.06. The molecule has 0 aliphatic heterocycles. The number of benzene rings is 4. The highest BCUT2D eigenvalue weighted by Crippen LogP contribution is 2.37. The van der Waals surface area contributed by atoms with Crippen LogP contribution in [0.15, 0.2) is 120 Å². The lowest BCUT2D eigenvalue weighted by molar-refractivity contribution is 0.103. The van der Waals surface area contributed by atoms with Gasteiger partial charge in [0.2, 0.25) is 5.78 Å². The van der Waals surface area contributed by atoms with Crippen LogP contribution < -0.4 is 0 Å². The van der Waals surface area contributed by atoms with E-state index in [1.807, 2.05) is 115 Å². The van der Waals surface area contributed by atoms with Crippen LogP contribution in [-0.4, -0.2) is 15.6 Å². The molecule has 0 atom stereocenters. The lowest BCUT2D eigenvalue weighted by atomic mass is 9.95. The predicted octanol–water partition coefficient (Wildman–Crippen LogP) is 7.20. The SMILES string of the molecule is O=C(c1ccc(Br)cc1)c1c(-c2ccccc2)c(-c2ccccc2)nn1-c1ccccc1. The smallest absolute Gasteiger partial charge is 0.212 e. The second-order valence-electron chi connectivity index (χ2n) is 7.39. The lowest BCUT2D eigenvalue weighted by Crippen LogP contribution is -2.11. The highest BCUT2D eigenvalue weighted by atomic mass is 79.9. The molecule has 1 heterocycles. The maximum Gasteiger partial charge on any atom is 0.212 e. The van der Waals surface area contributed by atoms with Crippen molar-refractivity contribution in [3.63, 3.8) is 0 Å². The molecular weight excluding hydrogens is 460 g/mol. The van der Waals surface area contributed by atoms with Gasteiger partial charge in [-0.2, -0.15) is 5.10 Å². The molecule has 32 heavy (non-hydrogen) atoms. The second kappa shape index (κ2) is 8.77. The van der Waals surface area contributed by atoms with E-state index in [0.717, 1.165) is 32.5 Å². The summed E-state index contributed by atoms with van der Waals surface area (Å²) >= 11 is 3.46. The first-order chi connectivity index (χ1) is 15.7. The average molecular weight is 479 g/mol. The Morgan fingerprint density at radius 2 is 1.19 bits per heavy atom. The summed E-state index contributed by atoms with van der Waals surface area (Å²) in [7, 11) is 0. The Hall–Kier alpha value is -3.76. The molecule has 3 nitrogen and oxygen atoms in total. The molecule has 0 N–H and O–H groups in total. The number of ketones is 1. The Bertz CT molecular complexity index is 1360. The van der Waals surface area contributed by atoms with E-state index in [1.54, 1.807) is 4.68 Å². The first-order valence-electron chi connectivity index (χ1n) is 10.3. The Kier molecular flexibility index (Phi) is 5.53. The third-order valence-electron chi connectivity index (χ3n) is 5.32. The molecule has 1 aromatic heterocycles. The first-order valence-corrected chi connectivity index (χ1v) is 11.1. The topological polar surface area (TPSA) is 34.9 Å². The van der Waals surface area contributed by atoms with Crippen molar-refractivity contribution < 1.29 is 4.79 Å². The quantitative estimate of drug-likeness (QED) is 0.250. The summed E-state index contributed by atoms with van der Waals surface area (Å²) in [6.07, 6.45) is 0. The van der Waals surface area contributed by atoms with Crippen molar-refractivity contribution in [1.82, 2.24) is 9.78 Å². The number of para-hydroxylation sites is 1. The van der Waals surface area contributed by atoms with Crippen molar-refractivity contribution >= 4 is 21.7 Å². The van der Waals surface area contributed by atoms with Gasteiger partial charge in [-0.3, -0.25) is 4.79 Å². The third kappa shape index (κ3) is 3.81. The van der Waals surface area contributed by atoms with E-state index in [1.165, 1.54) is 0 Å². The summed E-state index contributed by atoms with van der Waals surface area (Å²) in [6.45, 7) is 0. The Balaban J connectivity index is 1.84. The Morgan fingerprint density at radius 3 is 1.78 bits per heavy atom. The molecule has 0 spiro atoms. The molecule has 4 heteroatoms. The minimum absolute atomic E-state index is 0.0742. The molecule has 0 unspecified atom stereocenters. The van der Waals surface area contributed by atoms with E-state index < -0.39 is 0 Å². The molecule has 5 aromatic rings. The normalized spacial score (nSPS) is 10.8. The van der Waals surface area contributed by atoms with Gasteiger partial charge in [0.1, 0.15) is 11.4 Å². The van der Waals surface area contributed by atoms with Crippen molar-refractivity contribution in [3.8, 4) is 28.1 Å². The molecule has 4 aromatic carbocycles. The van der Waals surface area contributed by atoms with Gasteiger partial charge in [-0.05, 0) is 42.0 Å². The van der Waals surface area contributed by atoms with Crippen LogP contribution in [0.2, 0.25) is 0 Å². The predicted molar refractivity (Wildman–Crippen MR) is 132 cm³/mol. The van der Waals surface area contributed by atoms with E-state index in [0.29, 0.717) is 11.3 Å². The first kappa shape index (κ1) is 20.2. The fraction of sp³-hybridized carbons (Fsp3) is 0. The number of rotatable bonds is 5. The van der Waals surface area contributed by atoms with E-state index in [-0.39, 0.29) is 5.78 Å². The molecule has 0 amide bonds. The van der Waals surface area contributed by atoms with Gasteiger partial charge in [0.05, 0.1) is 5.69 Å². The summed E-state index contributed by atoms with van der Waals surface area (Å²) < 4.78 is 2.70. The average Bonchev–Trinajstić information content (AvgIpc) is 3.26. The molecule has 0 fully saturated rings. The molecule has 154 valence electrons. The van der Waals surface area contributed by atoms with E-state index in [9.17, 15) is 4.79 Å². The summed E-state index contributed by atoms with van der Waals surface area (Å²) in [6, 6.07) is 37.2. The number of hydrogen-bond donors (Lipinski definition) is 0. The molecule has 0 radical (unpaired) electrons. The van der Waals surface area contributed by atoms with Crippen molar-refractivity contribution in [2.45, 2.75) is 0 Å². The van der Waals surface area contributed by atoms with Crippen LogP contribution >= 0.6 is 15.9 Å². The molecule has 0 aliphatic carbocycles. The molecule has 0 bridgehead atoms. The maximum absolute atomic E-state index is 13.9. The van der Waals surface area contributed by atoms with Gasteiger partial charge in [-0.1, -0.05) is 94.8 Å². The van der Waals surface area contributed by atoms with Crippen LogP contribution in [0.4, 0.5) is 0 Å². The van der Waals surface area contributed by atoms with Crippen molar-refractivity contribution in [1.29, 1.82) is 0 Å². The number of halogens is 1. The number of nitrogens with zero attached hydrogens (tertiary/aromatic N) is 2. The van der Waals surface area contributed by atoms with Crippen LogP contribution in [0, 0.1) is 0 Å². The monoisotopic (exact) mass is 478 g/mol. The van der Waals surface area contributed by atoms with E-state index in [2.05, 4.69) is 15.9 Å². The van der Waals surface area contributed by atoms with Crippen LogP contribution in [0.3, 0.4) is 0 Å². The Morgan fingerprint density at radius 1 is 0.656 bits per heavy atom. The highest BCUT2D eigenvalue weighted by Gasteiger charge is 2.27. The number of carbonyl (C=O) groups excluding carboxylic acids is 1. The molecular formula is C28H19BrN2O. The minimum Gasteiger partial charge on any atom is -0.287 e. The molecule has 0 saturated carbocycles. The zero-order valence-corrected chi connectivity index (χ0v) is 18.7.